The molecule has 18 heavy (non-hydrogen) atoms. The van der Waals surface area contributed by atoms with E-state index in [1.54, 1.807) is 0 Å². The third kappa shape index (κ3) is 2.64. The van der Waals surface area contributed by atoms with Crippen LogP contribution in [0.5, 0.6) is 0 Å². The molecule has 0 bridgehead atoms. The molecule has 2 heterocycles. The zero-order valence-corrected chi connectivity index (χ0v) is 10.9. The highest BCUT2D eigenvalue weighted by Gasteiger charge is 2.30. The van der Waals surface area contributed by atoms with Crippen LogP contribution in [0.15, 0.2) is 4.52 Å². The van der Waals surface area contributed by atoms with Crippen LogP contribution in [0.3, 0.4) is 0 Å². The lowest BCUT2D eigenvalue weighted by Crippen LogP contribution is -2.44. The van der Waals surface area contributed by atoms with Crippen LogP contribution in [0.2, 0.25) is 0 Å². The third-order valence-corrected chi connectivity index (χ3v) is 3.88. The molecule has 100 valence electrons. The van der Waals surface area contributed by atoms with Crippen LogP contribution in [-0.4, -0.2) is 54.3 Å². The summed E-state index contributed by atoms with van der Waals surface area (Å²) in [6.45, 7) is 4.02. The summed E-state index contributed by atoms with van der Waals surface area (Å²) in [5.41, 5.74) is 6.07. The van der Waals surface area contributed by atoms with Crippen molar-refractivity contribution in [1.82, 2.24) is 15.0 Å². The highest BCUT2D eigenvalue weighted by molar-refractivity contribution is 5.28. The lowest BCUT2D eigenvalue weighted by molar-refractivity contribution is 0.308. The van der Waals surface area contributed by atoms with E-state index in [9.17, 15) is 0 Å². The maximum absolute atomic E-state index is 6.07. The molecule has 6 heteroatoms. The van der Waals surface area contributed by atoms with E-state index in [-0.39, 0.29) is 6.04 Å². The van der Waals surface area contributed by atoms with E-state index in [1.807, 2.05) is 0 Å². The predicted molar refractivity (Wildman–Crippen MR) is 68.4 cm³/mol. The maximum Gasteiger partial charge on any atom is 0.266 e. The molecule has 1 saturated heterocycles. The molecule has 1 saturated carbocycles. The molecule has 0 radical (unpaired) electrons. The second-order valence-corrected chi connectivity index (χ2v) is 5.48. The molecule has 1 aliphatic heterocycles. The molecule has 1 aliphatic carbocycles. The molecule has 0 amide bonds. The van der Waals surface area contributed by atoms with E-state index in [0.29, 0.717) is 18.2 Å². The fraction of sp³-hybridized carbons (Fsp3) is 0.833. The minimum atomic E-state index is 0.186. The van der Waals surface area contributed by atoms with Crippen LogP contribution in [0, 0.1) is 5.92 Å². The molecule has 2 N–H and O–H groups in total. The molecule has 6 nitrogen and oxygen atoms in total. The Labute approximate surface area is 107 Å². The van der Waals surface area contributed by atoms with Gasteiger partial charge in [-0.05, 0) is 31.0 Å². The second-order valence-electron chi connectivity index (χ2n) is 5.48. The summed E-state index contributed by atoms with van der Waals surface area (Å²) in [5, 5.41) is 4.06. The van der Waals surface area contributed by atoms with Gasteiger partial charge < -0.3 is 20.1 Å². The molecule has 1 unspecified atom stereocenters. The summed E-state index contributed by atoms with van der Waals surface area (Å²) in [4.78, 5) is 8.94. The van der Waals surface area contributed by atoms with Crippen molar-refractivity contribution in [2.75, 3.05) is 38.1 Å². The van der Waals surface area contributed by atoms with Gasteiger partial charge in [0.05, 0.1) is 0 Å². The molecule has 3 rings (SSSR count). The quantitative estimate of drug-likeness (QED) is 0.818. The van der Waals surface area contributed by atoms with Gasteiger partial charge in [0.1, 0.15) is 0 Å². The standard InChI is InChI=1S/C12H21N5O/c1-16-4-6-17(7-5-16)12-14-11(18-15-12)8-10(13)9-2-3-9/h9-10H,2-8,13H2,1H3. The van der Waals surface area contributed by atoms with E-state index in [0.717, 1.165) is 32.1 Å². The number of anilines is 1. The van der Waals surface area contributed by atoms with Crippen molar-refractivity contribution in [3.05, 3.63) is 5.89 Å². The number of rotatable bonds is 4. The maximum atomic E-state index is 6.07. The largest absolute Gasteiger partial charge is 0.337 e. The summed E-state index contributed by atoms with van der Waals surface area (Å²) in [6.07, 6.45) is 3.21. The van der Waals surface area contributed by atoms with Crippen molar-refractivity contribution < 1.29 is 4.52 Å². The molecule has 1 atom stereocenters. The minimum Gasteiger partial charge on any atom is -0.337 e. The van der Waals surface area contributed by atoms with Gasteiger partial charge in [-0.15, -0.1) is 0 Å². The zero-order chi connectivity index (χ0) is 12.5. The minimum absolute atomic E-state index is 0.186. The van der Waals surface area contributed by atoms with Gasteiger partial charge in [0.2, 0.25) is 5.89 Å². The van der Waals surface area contributed by atoms with E-state index < -0.39 is 0 Å². The molecule has 0 aromatic carbocycles. The Balaban J connectivity index is 1.58. The van der Waals surface area contributed by atoms with Crippen molar-refractivity contribution in [3.63, 3.8) is 0 Å². The Hall–Kier alpha value is -1.14. The Morgan fingerprint density at radius 2 is 2.06 bits per heavy atom. The Morgan fingerprint density at radius 1 is 1.33 bits per heavy atom. The lowest BCUT2D eigenvalue weighted by atomic mass is 10.1. The van der Waals surface area contributed by atoms with Crippen molar-refractivity contribution >= 4 is 5.95 Å². The van der Waals surface area contributed by atoms with Crippen LogP contribution >= 0.6 is 0 Å². The first-order chi connectivity index (χ1) is 8.72. The highest BCUT2D eigenvalue weighted by atomic mass is 16.5. The van der Waals surface area contributed by atoms with Gasteiger partial charge in [-0.2, -0.15) is 4.98 Å². The van der Waals surface area contributed by atoms with Gasteiger partial charge >= 0.3 is 0 Å². The van der Waals surface area contributed by atoms with Gasteiger partial charge in [-0.1, -0.05) is 0 Å². The van der Waals surface area contributed by atoms with E-state index >= 15 is 0 Å². The van der Waals surface area contributed by atoms with Gasteiger partial charge in [-0.25, -0.2) is 0 Å². The molecule has 2 fully saturated rings. The van der Waals surface area contributed by atoms with Crippen molar-refractivity contribution in [1.29, 1.82) is 0 Å². The summed E-state index contributed by atoms with van der Waals surface area (Å²) >= 11 is 0. The number of nitrogens with zero attached hydrogens (tertiary/aromatic N) is 4. The van der Waals surface area contributed by atoms with E-state index in [4.69, 9.17) is 10.3 Å². The van der Waals surface area contributed by atoms with E-state index in [1.165, 1.54) is 12.8 Å². The Morgan fingerprint density at radius 3 is 2.72 bits per heavy atom. The number of hydrogen-bond donors (Lipinski definition) is 1. The normalized spacial score (nSPS) is 23.3. The summed E-state index contributed by atoms with van der Waals surface area (Å²) in [7, 11) is 2.13. The topological polar surface area (TPSA) is 71.4 Å². The predicted octanol–water partition coefficient (Wildman–Crippen LogP) is 0.101. The van der Waals surface area contributed by atoms with Gasteiger partial charge in [0, 0.05) is 38.6 Å². The highest BCUT2D eigenvalue weighted by Crippen LogP contribution is 2.32. The van der Waals surface area contributed by atoms with Crippen LogP contribution < -0.4 is 10.6 Å². The first-order valence-electron chi connectivity index (χ1n) is 6.74. The van der Waals surface area contributed by atoms with E-state index in [2.05, 4.69) is 27.0 Å². The smallest absolute Gasteiger partial charge is 0.266 e. The van der Waals surface area contributed by atoms with Gasteiger partial charge in [0.15, 0.2) is 0 Å². The average Bonchev–Trinajstić information content (AvgIpc) is 3.12. The third-order valence-electron chi connectivity index (χ3n) is 3.88. The molecule has 1 aromatic rings. The van der Waals surface area contributed by atoms with Crippen molar-refractivity contribution in [3.8, 4) is 0 Å². The fourth-order valence-corrected chi connectivity index (χ4v) is 2.36. The number of likely N-dealkylation sites (N-methyl/N-ethyl adjacent to an activating group) is 1. The van der Waals surface area contributed by atoms with Crippen LogP contribution in [-0.2, 0) is 6.42 Å². The summed E-state index contributed by atoms with van der Waals surface area (Å²) in [5.74, 6) is 2.08. The molecule has 0 spiro atoms. The monoisotopic (exact) mass is 251 g/mol. The Kier molecular flexibility index (Phi) is 3.22. The van der Waals surface area contributed by atoms with Crippen molar-refractivity contribution in [2.45, 2.75) is 25.3 Å². The van der Waals surface area contributed by atoms with Crippen LogP contribution in [0.1, 0.15) is 18.7 Å². The fourth-order valence-electron chi connectivity index (χ4n) is 2.36. The van der Waals surface area contributed by atoms with Crippen LogP contribution in [0.25, 0.3) is 0 Å². The second kappa shape index (κ2) is 4.85. The Bertz CT molecular complexity index is 395. The number of hydrogen-bond acceptors (Lipinski definition) is 6. The van der Waals surface area contributed by atoms with Gasteiger partial charge in [0.25, 0.3) is 5.95 Å². The summed E-state index contributed by atoms with van der Waals surface area (Å²) < 4.78 is 5.30. The number of nitrogens with two attached hydrogens (primary N) is 1. The lowest BCUT2D eigenvalue weighted by Gasteiger charge is -2.31. The summed E-state index contributed by atoms with van der Waals surface area (Å²) in [6, 6.07) is 0.186. The molecular formula is C12H21N5O. The molecule has 2 aliphatic rings. The average molecular weight is 251 g/mol. The first-order valence-corrected chi connectivity index (χ1v) is 6.74. The van der Waals surface area contributed by atoms with Crippen LogP contribution in [0.4, 0.5) is 5.95 Å². The SMILES string of the molecule is CN1CCN(c2noc(CC(N)C3CC3)n2)CC1. The first kappa shape index (κ1) is 11.9. The number of aromatic nitrogens is 2. The van der Waals surface area contributed by atoms with Crippen molar-refractivity contribution in [2.24, 2.45) is 11.7 Å². The molecule has 1 aromatic heterocycles. The molecular weight excluding hydrogens is 230 g/mol. The zero-order valence-electron chi connectivity index (χ0n) is 10.9. The van der Waals surface area contributed by atoms with Gasteiger partial charge in [-0.3, -0.25) is 0 Å². The number of piperazine rings is 1.